The molecular formula is C7H6FNO2. The number of oxime groups is 1. The third-order valence-electron chi connectivity index (χ3n) is 1.18. The van der Waals surface area contributed by atoms with Gasteiger partial charge in [0.2, 0.25) is 0 Å². The number of benzene rings is 1. The Morgan fingerprint density at radius 1 is 1.45 bits per heavy atom. The molecule has 4 heteroatoms. The highest BCUT2D eigenvalue weighted by atomic mass is 19.1. The first-order valence-corrected chi connectivity index (χ1v) is 2.90. The fourth-order valence-corrected chi connectivity index (χ4v) is 0.670. The first kappa shape index (κ1) is 7.53. The minimum atomic E-state index is -0.734. The van der Waals surface area contributed by atoms with Gasteiger partial charge in [-0.15, -0.1) is 0 Å². The van der Waals surface area contributed by atoms with Gasteiger partial charge in [-0.1, -0.05) is 5.16 Å². The SMILES string of the molecule is ON=Cc1ccc(O)c(F)c1. The molecule has 3 nitrogen and oxygen atoms in total. The third kappa shape index (κ3) is 1.67. The van der Waals surface area contributed by atoms with Gasteiger partial charge in [0.25, 0.3) is 0 Å². The van der Waals surface area contributed by atoms with Crippen LogP contribution in [0.25, 0.3) is 0 Å². The Morgan fingerprint density at radius 2 is 2.18 bits per heavy atom. The molecule has 0 heterocycles. The molecule has 0 saturated carbocycles. The number of hydrogen-bond donors (Lipinski definition) is 2. The molecule has 0 fully saturated rings. The van der Waals surface area contributed by atoms with E-state index in [4.69, 9.17) is 10.3 Å². The van der Waals surface area contributed by atoms with E-state index in [1.54, 1.807) is 0 Å². The van der Waals surface area contributed by atoms with Crippen molar-refractivity contribution in [3.05, 3.63) is 29.6 Å². The molecule has 1 aromatic carbocycles. The molecule has 0 spiro atoms. The summed E-state index contributed by atoms with van der Waals surface area (Å²) < 4.78 is 12.5. The van der Waals surface area contributed by atoms with Crippen molar-refractivity contribution in [3.8, 4) is 5.75 Å². The summed E-state index contributed by atoms with van der Waals surface area (Å²) in [5.74, 6) is -1.15. The maximum atomic E-state index is 12.5. The van der Waals surface area contributed by atoms with E-state index >= 15 is 0 Å². The molecule has 0 saturated heterocycles. The normalized spacial score (nSPS) is 10.6. The highest BCUT2D eigenvalue weighted by molar-refractivity contribution is 5.79. The summed E-state index contributed by atoms with van der Waals surface area (Å²) >= 11 is 0. The summed E-state index contributed by atoms with van der Waals surface area (Å²) in [5.41, 5.74) is 0.391. The minimum absolute atomic E-state index is 0.391. The van der Waals surface area contributed by atoms with Crippen LogP contribution in [-0.4, -0.2) is 16.5 Å². The van der Waals surface area contributed by atoms with Crippen LogP contribution in [0.1, 0.15) is 5.56 Å². The highest BCUT2D eigenvalue weighted by Gasteiger charge is 1.98. The van der Waals surface area contributed by atoms with E-state index in [0.29, 0.717) is 5.56 Å². The molecule has 58 valence electrons. The summed E-state index contributed by atoms with van der Waals surface area (Å²) in [6.07, 6.45) is 1.07. The average molecular weight is 155 g/mol. The van der Waals surface area contributed by atoms with Crippen molar-refractivity contribution in [2.75, 3.05) is 0 Å². The van der Waals surface area contributed by atoms with Gasteiger partial charge in [0.1, 0.15) is 0 Å². The number of rotatable bonds is 1. The van der Waals surface area contributed by atoms with Gasteiger partial charge in [0.15, 0.2) is 11.6 Å². The van der Waals surface area contributed by atoms with Crippen molar-refractivity contribution < 1.29 is 14.7 Å². The first-order valence-electron chi connectivity index (χ1n) is 2.90. The smallest absolute Gasteiger partial charge is 0.165 e. The first-order chi connectivity index (χ1) is 5.24. The molecule has 0 aliphatic carbocycles. The second-order valence-corrected chi connectivity index (χ2v) is 1.96. The van der Waals surface area contributed by atoms with E-state index in [0.717, 1.165) is 12.3 Å². The minimum Gasteiger partial charge on any atom is -0.505 e. The molecule has 0 amide bonds. The summed E-state index contributed by atoms with van der Waals surface area (Å²) in [6, 6.07) is 3.68. The van der Waals surface area contributed by atoms with E-state index in [1.165, 1.54) is 12.1 Å². The molecular weight excluding hydrogens is 149 g/mol. The van der Waals surface area contributed by atoms with Crippen LogP contribution in [0.4, 0.5) is 4.39 Å². The van der Waals surface area contributed by atoms with Gasteiger partial charge in [0.05, 0.1) is 6.21 Å². The highest BCUT2D eigenvalue weighted by Crippen LogP contribution is 2.14. The number of hydrogen-bond acceptors (Lipinski definition) is 3. The second-order valence-electron chi connectivity index (χ2n) is 1.96. The molecule has 0 radical (unpaired) electrons. The van der Waals surface area contributed by atoms with Gasteiger partial charge < -0.3 is 10.3 Å². The fourth-order valence-electron chi connectivity index (χ4n) is 0.670. The molecule has 1 rings (SSSR count). The number of phenolic OH excluding ortho intramolecular Hbond substituents is 1. The molecule has 0 unspecified atom stereocenters. The largest absolute Gasteiger partial charge is 0.505 e. The van der Waals surface area contributed by atoms with Crippen LogP contribution in [0.3, 0.4) is 0 Å². The fraction of sp³-hybridized carbons (Fsp3) is 0. The summed E-state index contributed by atoms with van der Waals surface area (Å²) in [7, 11) is 0. The van der Waals surface area contributed by atoms with Crippen LogP contribution in [0.15, 0.2) is 23.4 Å². The lowest BCUT2D eigenvalue weighted by Crippen LogP contribution is -1.83. The van der Waals surface area contributed by atoms with Gasteiger partial charge >= 0.3 is 0 Å². The zero-order valence-electron chi connectivity index (χ0n) is 5.53. The maximum Gasteiger partial charge on any atom is 0.165 e. The van der Waals surface area contributed by atoms with Gasteiger partial charge in [-0.3, -0.25) is 0 Å². The van der Waals surface area contributed by atoms with Crippen molar-refractivity contribution in [1.82, 2.24) is 0 Å². The Balaban J connectivity index is 3.05. The molecule has 0 aliphatic rings. The van der Waals surface area contributed by atoms with E-state index in [2.05, 4.69) is 5.16 Å². The zero-order valence-corrected chi connectivity index (χ0v) is 5.53. The number of nitrogens with zero attached hydrogens (tertiary/aromatic N) is 1. The monoisotopic (exact) mass is 155 g/mol. The molecule has 0 bridgehead atoms. The van der Waals surface area contributed by atoms with Crippen LogP contribution in [0.5, 0.6) is 5.75 Å². The van der Waals surface area contributed by atoms with Crippen LogP contribution in [0, 0.1) is 5.82 Å². The van der Waals surface area contributed by atoms with Gasteiger partial charge in [-0.2, -0.15) is 0 Å². The summed E-state index contributed by atoms with van der Waals surface area (Å²) in [5, 5.41) is 19.5. The number of phenols is 1. The van der Waals surface area contributed by atoms with Crippen LogP contribution >= 0.6 is 0 Å². The lowest BCUT2D eigenvalue weighted by Gasteiger charge is -1.94. The third-order valence-corrected chi connectivity index (χ3v) is 1.18. The molecule has 0 atom stereocenters. The molecule has 2 N–H and O–H groups in total. The van der Waals surface area contributed by atoms with E-state index in [9.17, 15) is 4.39 Å². The summed E-state index contributed by atoms with van der Waals surface area (Å²) in [6.45, 7) is 0. The van der Waals surface area contributed by atoms with Crippen molar-refractivity contribution in [2.45, 2.75) is 0 Å². The van der Waals surface area contributed by atoms with Crippen LogP contribution in [0.2, 0.25) is 0 Å². The van der Waals surface area contributed by atoms with Gasteiger partial charge in [-0.05, 0) is 23.8 Å². The Kier molecular flexibility index (Phi) is 2.06. The maximum absolute atomic E-state index is 12.5. The Morgan fingerprint density at radius 3 is 2.73 bits per heavy atom. The van der Waals surface area contributed by atoms with Gasteiger partial charge in [-0.25, -0.2) is 4.39 Å². The predicted molar refractivity (Wildman–Crippen MR) is 37.4 cm³/mol. The second kappa shape index (κ2) is 3.01. The Hall–Kier alpha value is -1.58. The van der Waals surface area contributed by atoms with Crippen molar-refractivity contribution >= 4 is 6.21 Å². The quantitative estimate of drug-likeness (QED) is 0.365. The number of aromatic hydroxyl groups is 1. The Labute approximate surface area is 62.4 Å². The molecule has 0 aliphatic heterocycles. The molecule has 1 aromatic rings. The van der Waals surface area contributed by atoms with Crippen LogP contribution in [-0.2, 0) is 0 Å². The predicted octanol–water partition coefficient (Wildman–Crippen LogP) is 1.34. The standard InChI is InChI=1S/C7H6FNO2/c8-6-3-5(4-9-11)1-2-7(6)10/h1-4,10-11H. The zero-order chi connectivity index (χ0) is 8.27. The van der Waals surface area contributed by atoms with E-state index in [1.807, 2.05) is 0 Å². The van der Waals surface area contributed by atoms with Crippen molar-refractivity contribution in [3.63, 3.8) is 0 Å². The van der Waals surface area contributed by atoms with Crippen molar-refractivity contribution in [1.29, 1.82) is 0 Å². The van der Waals surface area contributed by atoms with E-state index < -0.39 is 11.6 Å². The average Bonchev–Trinajstić information content (AvgIpc) is 1.98. The lowest BCUT2D eigenvalue weighted by atomic mass is 10.2. The van der Waals surface area contributed by atoms with Crippen LogP contribution < -0.4 is 0 Å². The molecule has 11 heavy (non-hydrogen) atoms. The lowest BCUT2D eigenvalue weighted by molar-refractivity contribution is 0.322. The van der Waals surface area contributed by atoms with Crippen molar-refractivity contribution in [2.24, 2.45) is 5.16 Å². The van der Waals surface area contributed by atoms with Gasteiger partial charge in [0, 0.05) is 0 Å². The summed E-state index contributed by atoms with van der Waals surface area (Å²) in [4.78, 5) is 0. The topological polar surface area (TPSA) is 52.8 Å². The molecule has 0 aromatic heterocycles. The Bertz CT molecular complexity index is 286. The number of halogens is 1. The van der Waals surface area contributed by atoms with E-state index in [-0.39, 0.29) is 0 Å².